The molecular formula is C25H26N5O6+. The number of aromatic hydroxyl groups is 1. The van der Waals surface area contributed by atoms with Crippen molar-refractivity contribution in [3.05, 3.63) is 45.8 Å². The molecule has 1 aliphatic carbocycles. The smallest absolute Gasteiger partial charge is 0.330 e. The number of likely N-dealkylation sites (N-methyl/N-ethyl adjacent to an activating group) is 3. The summed E-state index contributed by atoms with van der Waals surface area (Å²) in [4.78, 5) is 59.7. The van der Waals surface area contributed by atoms with Gasteiger partial charge >= 0.3 is 11.9 Å². The number of benzene rings is 1. The predicted molar refractivity (Wildman–Crippen MR) is 129 cm³/mol. The van der Waals surface area contributed by atoms with Gasteiger partial charge in [-0.2, -0.15) is 0 Å². The van der Waals surface area contributed by atoms with Gasteiger partial charge in [-0.3, -0.25) is 28.7 Å². The normalized spacial score (nSPS) is 23.8. The molecule has 3 amide bonds. The second kappa shape index (κ2) is 6.83. The molecule has 1 spiro atoms. The zero-order valence-electron chi connectivity index (χ0n) is 20.4. The number of nitrogens with zero attached hydrogens (tertiary/aromatic N) is 3. The Kier molecular flexibility index (Phi) is 4.27. The van der Waals surface area contributed by atoms with E-state index < -0.39 is 29.2 Å². The number of hydrogen-bond donors (Lipinski definition) is 3. The number of urea groups is 1. The van der Waals surface area contributed by atoms with Crippen LogP contribution < -0.4 is 15.0 Å². The Labute approximate surface area is 206 Å². The molecule has 4 aliphatic rings. The third-order valence-corrected chi connectivity index (χ3v) is 7.93. The molecule has 2 aromatic rings. The minimum atomic E-state index is -2.23. The highest BCUT2D eigenvalue weighted by atomic mass is 16.5. The van der Waals surface area contributed by atoms with Gasteiger partial charge in [0.15, 0.2) is 17.3 Å². The Bertz CT molecular complexity index is 1480. The van der Waals surface area contributed by atoms with Crippen LogP contribution in [0.3, 0.4) is 0 Å². The molecule has 1 saturated heterocycles. The van der Waals surface area contributed by atoms with Crippen molar-refractivity contribution in [2.75, 3.05) is 41.3 Å². The molecule has 0 saturated carbocycles. The number of rotatable bonds is 2. The zero-order valence-corrected chi connectivity index (χ0v) is 20.4. The first-order chi connectivity index (χ1) is 17.0. The average Bonchev–Trinajstić information content (AvgIpc) is 3.44. The predicted octanol–water partition coefficient (Wildman–Crippen LogP) is 0.790. The second-order valence-corrected chi connectivity index (χ2v) is 10.2. The van der Waals surface area contributed by atoms with Crippen LogP contribution in [0, 0.1) is 0 Å². The van der Waals surface area contributed by atoms with Crippen molar-refractivity contribution < 1.29 is 29.0 Å². The number of allylic oxidation sites excluding steroid dienone is 1. The molecule has 0 radical (unpaired) electrons. The fourth-order valence-electron chi connectivity index (χ4n) is 6.05. The summed E-state index contributed by atoms with van der Waals surface area (Å²) in [6.45, 7) is 0.951. The number of quaternary nitrogens is 1. The van der Waals surface area contributed by atoms with Crippen molar-refractivity contribution in [3.63, 3.8) is 0 Å². The number of imide groups is 1. The van der Waals surface area contributed by atoms with Crippen LogP contribution in [0.1, 0.15) is 37.5 Å². The van der Waals surface area contributed by atoms with Gasteiger partial charge in [-0.25, -0.2) is 4.79 Å². The third-order valence-electron chi connectivity index (χ3n) is 7.93. The summed E-state index contributed by atoms with van der Waals surface area (Å²) in [5.41, 5.74) is 5.91. The minimum absolute atomic E-state index is 0.0211. The van der Waals surface area contributed by atoms with Gasteiger partial charge in [0, 0.05) is 49.5 Å². The fourth-order valence-corrected chi connectivity index (χ4v) is 6.05. The Balaban J connectivity index is 1.75. The quantitative estimate of drug-likeness (QED) is 0.415. The number of ketones is 2. The number of ether oxygens (including phenoxy) is 1. The van der Waals surface area contributed by atoms with Crippen LogP contribution >= 0.6 is 0 Å². The Morgan fingerprint density at radius 3 is 2.53 bits per heavy atom. The van der Waals surface area contributed by atoms with Gasteiger partial charge in [0.05, 0.1) is 37.5 Å². The highest BCUT2D eigenvalue weighted by molar-refractivity contribution is 6.43. The lowest BCUT2D eigenvalue weighted by molar-refractivity contribution is -0.142. The van der Waals surface area contributed by atoms with E-state index in [9.17, 15) is 24.3 Å². The maximum Gasteiger partial charge on any atom is 0.330 e. The number of amides is 3. The molecule has 186 valence electrons. The van der Waals surface area contributed by atoms with E-state index in [2.05, 4.69) is 4.98 Å². The van der Waals surface area contributed by atoms with Gasteiger partial charge in [0.2, 0.25) is 5.78 Å². The van der Waals surface area contributed by atoms with Gasteiger partial charge in [-0.1, -0.05) is 0 Å². The van der Waals surface area contributed by atoms with Crippen LogP contribution in [0.25, 0.3) is 5.57 Å². The molecule has 0 unspecified atom stereocenters. The number of phenolic OH excluding ortho intramolecular Hbond substituents is 1. The van der Waals surface area contributed by atoms with E-state index in [1.807, 2.05) is 14.1 Å². The van der Waals surface area contributed by atoms with Gasteiger partial charge in [-0.15, -0.1) is 0 Å². The zero-order chi connectivity index (χ0) is 25.9. The highest BCUT2D eigenvalue weighted by Gasteiger charge is 2.66. The van der Waals surface area contributed by atoms with Gasteiger partial charge < -0.3 is 20.6 Å². The van der Waals surface area contributed by atoms with Crippen molar-refractivity contribution in [1.82, 2.24) is 19.3 Å². The standard InChI is InChI=1S/C25H25N5O6/c1-28-23(34)25(29(2)24(28)35)18-17(21(33)19-15(20(18)32)11(5-7-26)10-27-19)16-12-6-8-30(3,4)13(12)9-14(31)22(16)36-25/h9-10H,5-8,26H2,1-4H3,(H-,27,31,32,33)/p+1/t25-/m0/s1. The fraction of sp³-hybridized carbons (Fsp3) is 0.360. The van der Waals surface area contributed by atoms with Gasteiger partial charge in [-0.05, 0) is 18.5 Å². The maximum atomic E-state index is 14.2. The molecule has 11 heteroatoms. The summed E-state index contributed by atoms with van der Waals surface area (Å²) in [6, 6.07) is 0.871. The molecular weight excluding hydrogens is 466 g/mol. The number of fused-ring (bicyclic) bond motifs is 6. The van der Waals surface area contributed by atoms with E-state index in [0.717, 1.165) is 21.1 Å². The first kappa shape index (κ1) is 22.5. The van der Waals surface area contributed by atoms with Crippen LogP contribution in [0.2, 0.25) is 0 Å². The summed E-state index contributed by atoms with van der Waals surface area (Å²) in [5, 5.41) is 11.1. The highest BCUT2D eigenvalue weighted by Crippen LogP contribution is 2.56. The van der Waals surface area contributed by atoms with Crippen molar-refractivity contribution in [1.29, 1.82) is 0 Å². The van der Waals surface area contributed by atoms with Crippen LogP contribution in [0.5, 0.6) is 11.5 Å². The maximum absolute atomic E-state index is 14.2. The molecule has 4 N–H and O–H groups in total. The van der Waals surface area contributed by atoms with Crippen LogP contribution in [0.15, 0.2) is 17.8 Å². The van der Waals surface area contributed by atoms with Crippen molar-refractivity contribution >= 4 is 34.8 Å². The molecule has 1 atom stereocenters. The van der Waals surface area contributed by atoms with Gasteiger partial charge in [0.25, 0.3) is 5.72 Å². The lowest BCUT2D eigenvalue weighted by atomic mass is 9.75. The van der Waals surface area contributed by atoms with E-state index in [4.69, 9.17) is 10.5 Å². The van der Waals surface area contributed by atoms with Gasteiger partial charge in [0.1, 0.15) is 5.69 Å². The largest absolute Gasteiger partial charge is 0.504 e. The van der Waals surface area contributed by atoms with E-state index in [-0.39, 0.29) is 40.4 Å². The summed E-state index contributed by atoms with van der Waals surface area (Å²) >= 11 is 0. The number of aromatic amines is 1. The summed E-state index contributed by atoms with van der Waals surface area (Å²) in [5.74, 6) is -2.25. The molecule has 1 aromatic heterocycles. The number of nitrogens with one attached hydrogen (secondary N) is 1. The minimum Gasteiger partial charge on any atom is -0.504 e. The van der Waals surface area contributed by atoms with Crippen molar-refractivity contribution in [3.8, 4) is 11.5 Å². The lowest BCUT2D eigenvalue weighted by Gasteiger charge is -2.41. The molecule has 6 rings (SSSR count). The molecule has 3 aliphatic heterocycles. The number of nitrogens with two attached hydrogens (primary N) is 1. The molecule has 1 fully saturated rings. The second-order valence-electron chi connectivity index (χ2n) is 10.2. The van der Waals surface area contributed by atoms with Crippen molar-refractivity contribution in [2.45, 2.75) is 18.6 Å². The Morgan fingerprint density at radius 2 is 1.89 bits per heavy atom. The molecule has 0 bridgehead atoms. The molecule has 1 aromatic carbocycles. The molecule has 36 heavy (non-hydrogen) atoms. The number of Topliss-reactive ketones (excluding diaryl/α,β-unsaturated/α-hetero) is 2. The summed E-state index contributed by atoms with van der Waals surface area (Å²) in [6.07, 6.45) is 2.48. The Morgan fingerprint density at radius 1 is 1.17 bits per heavy atom. The number of phenols is 1. The lowest BCUT2D eigenvalue weighted by Crippen LogP contribution is -2.59. The third kappa shape index (κ3) is 2.39. The number of carbonyl (C=O) groups is 4. The summed E-state index contributed by atoms with van der Waals surface area (Å²) < 4.78 is 6.70. The first-order valence-electron chi connectivity index (χ1n) is 11.7. The monoisotopic (exact) mass is 492 g/mol. The van der Waals surface area contributed by atoms with Crippen molar-refractivity contribution in [2.24, 2.45) is 5.73 Å². The molecule has 4 heterocycles. The molecule has 11 nitrogen and oxygen atoms in total. The van der Waals surface area contributed by atoms with E-state index >= 15 is 0 Å². The topological polar surface area (TPSA) is 146 Å². The van der Waals surface area contributed by atoms with E-state index in [1.54, 1.807) is 12.3 Å². The number of hydrogen-bond acceptors (Lipinski definition) is 7. The van der Waals surface area contributed by atoms with Crippen LogP contribution in [0.4, 0.5) is 10.5 Å². The van der Waals surface area contributed by atoms with Crippen LogP contribution in [-0.4, -0.2) is 90.4 Å². The number of aromatic nitrogens is 1. The van der Waals surface area contributed by atoms with E-state index in [1.165, 1.54) is 14.1 Å². The summed E-state index contributed by atoms with van der Waals surface area (Å²) in [7, 11) is 6.59. The van der Waals surface area contributed by atoms with Crippen LogP contribution in [-0.2, 0) is 17.6 Å². The number of carbonyl (C=O) groups excluding carboxylic acids is 4. The average molecular weight is 493 g/mol. The SMILES string of the molecule is CN1C(=O)N(C)[C@@]2(Oc3c(O)cc4c(c3C3=C2C(=O)c2c(CCN)c[nH]c2C3=O)CC[N+]4(C)C)C1=O. The first-order valence-corrected chi connectivity index (χ1v) is 11.7. The number of H-pyrrole nitrogens is 1. The van der Waals surface area contributed by atoms with E-state index in [0.29, 0.717) is 35.0 Å². The Hall–Kier alpha value is -3.96.